The highest BCUT2D eigenvalue weighted by atomic mass is 127. The van der Waals surface area contributed by atoms with E-state index in [1.165, 1.54) is 0 Å². The molecule has 2 aromatic carbocycles. The summed E-state index contributed by atoms with van der Waals surface area (Å²) >= 11 is 0. The summed E-state index contributed by atoms with van der Waals surface area (Å²) in [5.41, 5.74) is 8.78. The number of nitrogens with two attached hydrogens (primary N) is 1. The third-order valence-electron chi connectivity index (χ3n) is 3.34. The molecule has 0 radical (unpaired) electrons. The molecule has 0 aliphatic rings. The molecule has 0 saturated carbocycles. The van der Waals surface area contributed by atoms with Gasteiger partial charge in [0.15, 0.2) is 5.96 Å². The van der Waals surface area contributed by atoms with E-state index < -0.39 is 10.0 Å². The van der Waals surface area contributed by atoms with E-state index in [1.54, 1.807) is 24.3 Å². The molecular formula is C17H23IN4O2S. The molecule has 0 fully saturated rings. The molecule has 0 aromatic heterocycles. The van der Waals surface area contributed by atoms with E-state index in [1.807, 2.05) is 38.1 Å². The highest BCUT2D eigenvalue weighted by Gasteiger charge is 2.12. The number of nitrogens with one attached hydrogen (secondary N) is 2. The number of benzene rings is 2. The fraction of sp³-hybridized carbons (Fsp3) is 0.235. The van der Waals surface area contributed by atoms with Gasteiger partial charge in [0.2, 0.25) is 10.0 Å². The van der Waals surface area contributed by atoms with Crippen molar-refractivity contribution in [3.8, 4) is 0 Å². The number of sulfonamides is 1. The Morgan fingerprint density at radius 2 is 1.52 bits per heavy atom. The normalized spacial score (nSPS) is 11.7. The highest BCUT2D eigenvalue weighted by molar-refractivity contribution is 14.0. The van der Waals surface area contributed by atoms with Crippen molar-refractivity contribution in [2.45, 2.75) is 18.7 Å². The number of rotatable bonds is 6. The van der Waals surface area contributed by atoms with Gasteiger partial charge in [-0.15, -0.1) is 24.0 Å². The molecule has 4 N–H and O–H groups in total. The van der Waals surface area contributed by atoms with Crippen molar-refractivity contribution < 1.29 is 8.42 Å². The summed E-state index contributed by atoms with van der Waals surface area (Å²) in [7, 11) is -3.52. The predicted octanol–water partition coefficient (Wildman–Crippen LogP) is 2.63. The maximum absolute atomic E-state index is 12.1. The van der Waals surface area contributed by atoms with E-state index in [0.717, 1.165) is 16.8 Å². The first-order valence-electron chi connectivity index (χ1n) is 7.57. The Bertz CT molecular complexity index is 804. The van der Waals surface area contributed by atoms with Crippen LogP contribution in [0.15, 0.2) is 58.4 Å². The number of anilines is 1. The molecule has 0 unspecified atom stereocenters. The topological polar surface area (TPSA) is 96.6 Å². The highest BCUT2D eigenvalue weighted by Crippen LogP contribution is 2.09. The second-order valence-electron chi connectivity index (χ2n) is 5.47. The Balaban J connectivity index is 0.00000312. The van der Waals surface area contributed by atoms with Crippen LogP contribution >= 0.6 is 24.0 Å². The Morgan fingerprint density at radius 3 is 2.08 bits per heavy atom. The summed E-state index contributed by atoms with van der Waals surface area (Å²) < 4.78 is 26.7. The number of aliphatic imine (C=N–C) groups is 1. The van der Waals surface area contributed by atoms with Crippen LogP contribution in [-0.2, 0) is 10.0 Å². The standard InChI is InChI=1S/C17H22N4O2S.HI/c1-13-3-7-15(8-4-13)21-17(18)19-11-12-20-24(22,23)16-9-5-14(2)6-10-16;/h3-10,20H,11-12H2,1-2H3,(H3,18,19,21);1H. The lowest BCUT2D eigenvalue weighted by Crippen LogP contribution is -2.28. The number of nitrogens with zero attached hydrogens (tertiary/aromatic N) is 1. The smallest absolute Gasteiger partial charge is 0.240 e. The Labute approximate surface area is 166 Å². The Hall–Kier alpha value is -1.65. The number of hydrogen-bond donors (Lipinski definition) is 3. The molecule has 0 bridgehead atoms. The third kappa shape index (κ3) is 7.00. The van der Waals surface area contributed by atoms with Crippen LogP contribution in [0.1, 0.15) is 11.1 Å². The summed E-state index contributed by atoms with van der Waals surface area (Å²) in [6.07, 6.45) is 0. The molecule has 2 rings (SSSR count). The zero-order valence-electron chi connectivity index (χ0n) is 14.2. The number of aryl methyl sites for hydroxylation is 2. The van der Waals surface area contributed by atoms with Crippen LogP contribution < -0.4 is 15.8 Å². The van der Waals surface area contributed by atoms with Crippen molar-refractivity contribution >= 4 is 45.6 Å². The van der Waals surface area contributed by atoms with Gasteiger partial charge in [0.05, 0.1) is 11.4 Å². The van der Waals surface area contributed by atoms with E-state index >= 15 is 0 Å². The summed E-state index contributed by atoms with van der Waals surface area (Å²) in [5, 5.41) is 2.96. The lowest BCUT2D eigenvalue weighted by molar-refractivity contribution is 0.582. The van der Waals surface area contributed by atoms with Crippen LogP contribution in [0.4, 0.5) is 5.69 Å². The zero-order valence-corrected chi connectivity index (χ0v) is 17.3. The molecule has 0 atom stereocenters. The largest absolute Gasteiger partial charge is 0.370 e. The van der Waals surface area contributed by atoms with Gasteiger partial charge in [-0.2, -0.15) is 0 Å². The van der Waals surface area contributed by atoms with Crippen molar-refractivity contribution in [1.29, 1.82) is 0 Å². The van der Waals surface area contributed by atoms with Gasteiger partial charge >= 0.3 is 0 Å². The molecule has 0 heterocycles. The maximum Gasteiger partial charge on any atom is 0.240 e. The Morgan fingerprint density at radius 1 is 1.00 bits per heavy atom. The minimum Gasteiger partial charge on any atom is -0.370 e. The van der Waals surface area contributed by atoms with Gasteiger partial charge in [-0.05, 0) is 38.1 Å². The van der Waals surface area contributed by atoms with E-state index in [4.69, 9.17) is 5.73 Å². The lowest BCUT2D eigenvalue weighted by atomic mass is 10.2. The quantitative estimate of drug-likeness (QED) is 0.260. The number of guanidine groups is 1. The van der Waals surface area contributed by atoms with Crippen molar-refractivity contribution in [1.82, 2.24) is 4.72 Å². The van der Waals surface area contributed by atoms with Gasteiger partial charge in [0.25, 0.3) is 0 Å². The molecule has 2 aromatic rings. The number of halogens is 1. The molecular weight excluding hydrogens is 451 g/mol. The first kappa shape index (κ1) is 21.4. The van der Waals surface area contributed by atoms with E-state index in [2.05, 4.69) is 15.0 Å². The minimum atomic E-state index is -3.52. The van der Waals surface area contributed by atoms with E-state index in [0.29, 0.717) is 0 Å². The van der Waals surface area contributed by atoms with Crippen LogP contribution in [-0.4, -0.2) is 27.5 Å². The number of hydrogen-bond acceptors (Lipinski definition) is 3. The van der Waals surface area contributed by atoms with Gasteiger partial charge in [0, 0.05) is 12.2 Å². The van der Waals surface area contributed by atoms with Gasteiger partial charge in [-0.3, -0.25) is 4.99 Å². The lowest BCUT2D eigenvalue weighted by Gasteiger charge is -2.07. The monoisotopic (exact) mass is 474 g/mol. The van der Waals surface area contributed by atoms with E-state index in [-0.39, 0.29) is 47.9 Å². The van der Waals surface area contributed by atoms with E-state index in [9.17, 15) is 8.42 Å². The second-order valence-corrected chi connectivity index (χ2v) is 7.24. The first-order valence-corrected chi connectivity index (χ1v) is 9.05. The van der Waals surface area contributed by atoms with Gasteiger partial charge in [0.1, 0.15) is 0 Å². The molecule has 0 amide bonds. The average molecular weight is 474 g/mol. The first-order chi connectivity index (χ1) is 11.4. The molecule has 6 nitrogen and oxygen atoms in total. The van der Waals surface area contributed by atoms with Gasteiger partial charge < -0.3 is 11.1 Å². The van der Waals surface area contributed by atoms with Crippen LogP contribution in [0.5, 0.6) is 0 Å². The third-order valence-corrected chi connectivity index (χ3v) is 4.82. The van der Waals surface area contributed by atoms with Crippen molar-refractivity contribution in [3.63, 3.8) is 0 Å². The fourth-order valence-electron chi connectivity index (χ4n) is 1.98. The average Bonchev–Trinajstić information content (AvgIpc) is 2.54. The molecule has 25 heavy (non-hydrogen) atoms. The molecule has 0 spiro atoms. The maximum atomic E-state index is 12.1. The SMILES string of the molecule is Cc1ccc(NC(N)=NCCNS(=O)(=O)c2ccc(C)cc2)cc1.I. The summed E-state index contributed by atoms with van der Waals surface area (Å²) in [5.74, 6) is 0.244. The van der Waals surface area contributed by atoms with Gasteiger partial charge in [-0.25, -0.2) is 13.1 Å². The minimum absolute atomic E-state index is 0. The molecule has 0 aliphatic heterocycles. The van der Waals surface area contributed by atoms with Crippen LogP contribution in [0.25, 0.3) is 0 Å². The fourth-order valence-corrected chi connectivity index (χ4v) is 3.00. The van der Waals surface area contributed by atoms with Crippen LogP contribution in [0, 0.1) is 13.8 Å². The Kier molecular flexibility index (Phi) is 8.33. The second kappa shape index (κ2) is 9.73. The van der Waals surface area contributed by atoms with Crippen LogP contribution in [0.2, 0.25) is 0 Å². The summed E-state index contributed by atoms with van der Waals surface area (Å²) in [4.78, 5) is 4.35. The van der Waals surface area contributed by atoms with Crippen LogP contribution in [0.3, 0.4) is 0 Å². The summed E-state index contributed by atoms with van der Waals surface area (Å²) in [6, 6.07) is 14.4. The summed E-state index contributed by atoms with van der Waals surface area (Å²) in [6.45, 7) is 4.33. The molecule has 136 valence electrons. The zero-order chi connectivity index (χ0) is 17.6. The van der Waals surface area contributed by atoms with Gasteiger partial charge in [-0.1, -0.05) is 35.4 Å². The molecule has 0 saturated heterocycles. The molecule has 8 heteroatoms. The van der Waals surface area contributed by atoms with Crippen molar-refractivity contribution in [2.75, 3.05) is 18.4 Å². The predicted molar refractivity (Wildman–Crippen MR) is 113 cm³/mol. The van der Waals surface area contributed by atoms with Crippen molar-refractivity contribution in [3.05, 3.63) is 59.7 Å². The van der Waals surface area contributed by atoms with Crippen molar-refractivity contribution in [2.24, 2.45) is 10.7 Å². The molecule has 0 aliphatic carbocycles.